The van der Waals surface area contributed by atoms with Gasteiger partial charge in [-0.2, -0.15) is 0 Å². The fourth-order valence-corrected chi connectivity index (χ4v) is 5.83. The van der Waals surface area contributed by atoms with E-state index in [1.165, 1.54) is 7.11 Å². The van der Waals surface area contributed by atoms with Gasteiger partial charge in [0.05, 0.1) is 15.9 Å². The Labute approximate surface area is 146 Å². The van der Waals surface area contributed by atoms with E-state index in [1.807, 2.05) is 0 Å². The molecule has 0 spiro atoms. The summed E-state index contributed by atoms with van der Waals surface area (Å²) in [7, 11) is -2.40. The third-order valence-corrected chi connectivity index (χ3v) is 7.03. The Morgan fingerprint density at radius 2 is 1.68 bits per heavy atom. The number of hydrogen-bond acceptors (Lipinski definition) is 5. The first kappa shape index (κ1) is 16.5. The summed E-state index contributed by atoms with van der Waals surface area (Å²) in [6.45, 7) is 0. The number of methoxy groups -OCH3 is 1. The molecule has 3 atom stereocenters. The van der Waals surface area contributed by atoms with Crippen molar-refractivity contribution in [1.82, 2.24) is 0 Å². The van der Waals surface area contributed by atoms with E-state index in [4.69, 9.17) is 4.74 Å². The molecule has 0 amide bonds. The minimum absolute atomic E-state index is 0.0467. The molecule has 2 aromatic rings. The monoisotopic (exact) mass is 358 g/mol. The molecule has 0 aromatic heterocycles. The number of sulfone groups is 1. The highest BCUT2D eigenvalue weighted by atomic mass is 32.2. The maximum atomic E-state index is 13.3. The fraction of sp³-hybridized carbons (Fsp3) is 0.263. The zero-order chi connectivity index (χ0) is 17.8. The number of hydrogen-bond donors (Lipinski definition) is 2. The van der Waals surface area contributed by atoms with E-state index < -0.39 is 27.6 Å². The van der Waals surface area contributed by atoms with Crippen LogP contribution in [0, 0.1) is 0 Å². The third kappa shape index (κ3) is 2.02. The molecule has 2 aromatic carbocycles. The zero-order valence-electron chi connectivity index (χ0n) is 13.6. The van der Waals surface area contributed by atoms with Crippen molar-refractivity contribution >= 4 is 14.7 Å². The van der Waals surface area contributed by atoms with Crippen LogP contribution in [0.25, 0.3) is 4.91 Å². The van der Waals surface area contributed by atoms with Gasteiger partial charge in [-0.25, -0.2) is 8.42 Å². The smallest absolute Gasteiger partial charge is 0.207 e. The highest BCUT2D eigenvalue weighted by Gasteiger charge is 2.59. The second kappa shape index (κ2) is 5.51. The standard InChI is InChI=1S/C19H18O5S/c1-24-19-14-10-6-5-9-13(14)17(15(19)11-16(20)18(19)21)25(22,23)12-7-3-2-4-8-12/h2-10,16,18,20-21H,11H2,1H3/t16-,18-,19-/m0/s1. The van der Waals surface area contributed by atoms with Crippen LogP contribution in [-0.2, 0) is 20.2 Å². The van der Waals surface area contributed by atoms with Gasteiger partial charge in [0.1, 0.15) is 11.7 Å². The van der Waals surface area contributed by atoms with Crippen molar-refractivity contribution in [3.8, 4) is 0 Å². The number of aliphatic hydroxyl groups is 2. The molecule has 4 rings (SSSR count). The minimum atomic E-state index is -3.82. The fourth-order valence-electron chi connectivity index (χ4n) is 4.05. The molecular weight excluding hydrogens is 340 g/mol. The van der Waals surface area contributed by atoms with E-state index in [-0.39, 0.29) is 16.2 Å². The lowest BCUT2D eigenvalue weighted by atomic mass is 9.90. The molecule has 5 nitrogen and oxygen atoms in total. The Morgan fingerprint density at radius 1 is 1.04 bits per heavy atom. The molecule has 0 radical (unpaired) electrons. The number of fused-ring (bicyclic) bond motifs is 3. The molecule has 2 N–H and O–H groups in total. The molecular formula is C19H18O5S. The summed E-state index contributed by atoms with van der Waals surface area (Å²) in [4.78, 5) is 0.307. The Hall–Kier alpha value is -1.99. The minimum Gasteiger partial charge on any atom is -0.390 e. The van der Waals surface area contributed by atoms with Crippen LogP contribution in [-0.4, -0.2) is 37.9 Å². The molecule has 6 heteroatoms. The Kier molecular flexibility index (Phi) is 3.63. The molecule has 2 aliphatic carbocycles. The van der Waals surface area contributed by atoms with Crippen LogP contribution < -0.4 is 0 Å². The van der Waals surface area contributed by atoms with E-state index in [0.29, 0.717) is 16.7 Å². The second-order valence-corrected chi connectivity index (χ2v) is 8.21. The number of aliphatic hydroxyl groups excluding tert-OH is 2. The first-order chi connectivity index (χ1) is 11.9. The quantitative estimate of drug-likeness (QED) is 0.875. The summed E-state index contributed by atoms with van der Waals surface area (Å²) in [5.41, 5.74) is 0.188. The highest BCUT2D eigenvalue weighted by molar-refractivity contribution is 8.00. The first-order valence-corrected chi connectivity index (χ1v) is 9.48. The third-order valence-electron chi connectivity index (χ3n) is 5.13. The van der Waals surface area contributed by atoms with E-state index in [2.05, 4.69) is 0 Å². The van der Waals surface area contributed by atoms with Crippen molar-refractivity contribution in [2.45, 2.75) is 29.1 Å². The predicted octanol–water partition coefficient (Wildman–Crippen LogP) is 1.85. The average Bonchev–Trinajstić information content (AvgIpc) is 3.05. The molecule has 1 fully saturated rings. The van der Waals surface area contributed by atoms with Crippen LogP contribution in [0.3, 0.4) is 0 Å². The van der Waals surface area contributed by atoms with E-state index in [0.717, 1.165) is 0 Å². The maximum Gasteiger partial charge on any atom is 0.207 e. The van der Waals surface area contributed by atoms with Crippen LogP contribution in [0.5, 0.6) is 0 Å². The van der Waals surface area contributed by atoms with Crippen molar-refractivity contribution in [1.29, 1.82) is 0 Å². The molecule has 0 unspecified atom stereocenters. The van der Waals surface area contributed by atoms with E-state index in [1.54, 1.807) is 54.6 Å². The van der Waals surface area contributed by atoms with E-state index in [9.17, 15) is 18.6 Å². The lowest BCUT2D eigenvalue weighted by molar-refractivity contribution is -0.0978. The molecule has 0 bridgehead atoms. The number of ether oxygens (including phenoxy) is 1. The summed E-state index contributed by atoms with van der Waals surface area (Å²) >= 11 is 0. The summed E-state index contributed by atoms with van der Waals surface area (Å²) in [6, 6.07) is 15.2. The van der Waals surface area contributed by atoms with Crippen LogP contribution in [0.15, 0.2) is 65.1 Å². The van der Waals surface area contributed by atoms with Crippen LogP contribution in [0.1, 0.15) is 17.5 Å². The molecule has 25 heavy (non-hydrogen) atoms. The zero-order valence-corrected chi connectivity index (χ0v) is 14.4. The van der Waals surface area contributed by atoms with Crippen molar-refractivity contribution in [3.05, 3.63) is 71.3 Å². The normalized spacial score (nSPS) is 28.1. The van der Waals surface area contributed by atoms with Gasteiger partial charge in [-0.15, -0.1) is 0 Å². The average molecular weight is 358 g/mol. The second-order valence-electron chi connectivity index (χ2n) is 6.33. The van der Waals surface area contributed by atoms with Crippen molar-refractivity contribution in [2.75, 3.05) is 7.11 Å². The van der Waals surface area contributed by atoms with Gasteiger partial charge in [-0.1, -0.05) is 42.5 Å². The molecule has 2 aliphatic rings. The molecule has 1 saturated carbocycles. The van der Waals surface area contributed by atoms with Crippen molar-refractivity contribution < 1.29 is 23.4 Å². The van der Waals surface area contributed by atoms with Crippen LogP contribution in [0.4, 0.5) is 0 Å². The molecule has 0 aliphatic heterocycles. The number of rotatable bonds is 3. The topological polar surface area (TPSA) is 83.8 Å². The van der Waals surface area contributed by atoms with Gasteiger partial charge < -0.3 is 14.9 Å². The Morgan fingerprint density at radius 3 is 2.36 bits per heavy atom. The van der Waals surface area contributed by atoms with Crippen molar-refractivity contribution in [3.63, 3.8) is 0 Å². The van der Waals surface area contributed by atoms with Crippen LogP contribution in [0.2, 0.25) is 0 Å². The van der Waals surface area contributed by atoms with E-state index >= 15 is 0 Å². The summed E-state index contributed by atoms with van der Waals surface area (Å²) in [6.07, 6.45) is -2.26. The van der Waals surface area contributed by atoms with Crippen LogP contribution >= 0.6 is 0 Å². The Bertz CT molecular complexity index is 964. The van der Waals surface area contributed by atoms with Gasteiger partial charge in [-0.3, -0.25) is 0 Å². The van der Waals surface area contributed by atoms with Gasteiger partial charge >= 0.3 is 0 Å². The van der Waals surface area contributed by atoms with Gasteiger partial charge in [0, 0.05) is 19.1 Å². The molecule has 0 heterocycles. The SMILES string of the molecule is CO[C@]12C(=C(S(=O)(=O)c3ccccc3)c3ccccc31)C[C@H](O)[C@@H]2O. The number of benzene rings is 2. The van der Waals surface area contributed by atoms with Gasteiger partial charge in [-0.05, 0) is 23.3 Å². The lowest BCUT2D eigenvalue weighted by Crippen LogP contribution is -2.41. The van der Waals surface area contributed by atoms with Crippen molar-refractivity contribution in [2.24, 2.45) is 0 Å². The molecule has 130 valence electrons. The first-order valence-electron chi connectivity index (χ1n) is 7.99. The lowest BCUT2D eigenvalue weighted by Gasteiger charge is -2.31. The van der Waals surface area contributed by atoms with Gasteiger partial charge in [0.15, 0.2) is 0 Å². The van der Waals surface area contributed by atoms with Gasteiger partial charge in [0.2, 0.25) is 9.84 Å². The predicted molar refractivity (Wildman–Crippen MR) is 92.3 cm³/mol. The summed E-state index contributed by atoms with van der Waals surface area (Å²) in [5.74, 6) is 0. The highest BCUT2D eigenvalue weighted by Crippen LogP contribution is 2.57. The van der Waals surface area contributed by atoms with Gasteiger partial charge in [0.25, 0.3) is 0 Å². The summed E-state index contributed by atoms with van der Waals surface area (Å²) < 4.78 is 32.3. The Balaban J connectivity index is 2.06. The molecule has 0 saturated heterocycles. The summed E-state index contributed by atoms with van der Waals surface area (Å²) in [5, 5.41) is 20.8. The maximum absolute atomic E-state index is 13.3. The largest absolute Gasteiger partial charge is 0.390 e.